The van der Waals surface area contributed by atoms with E-state index < -0.39 is 0 Å². The fraction of sp³-hybridized carbons (Fsp3) is 0.478. The summed E-state index contributed by atoms with van der Waals surface area (Å²) in [5.41, 5.74) is 25.9. The van der Waals surface area contributed by atoms with Gasteiger partial charge in [-0.3, -0.25) is 4.68 Å². The minimum absolute atomic E-state index is 0.0295. The first-order chi connectivity index (χ1) is 15.9. The third kappa shape index (κ3) is 5.96. The Hall–Kier alpha value is -2.36. The Labute approximate surface area is 206 Å². The molecule has 4 heterocycles. The van der Waals surface area contributed by atoms with Gasteiger partial charge in [0, 0.05) is 42.3 Å². The fourth-order valence-corrected chi connectivity index (χ4v) is 5.02. The molecule has 10 heteroatoms. The van der Waals surface area contributed by atoms with Crippen LogP contribution in [0.5, 0.6) is 0 Å². The van der Waals surface area contributed by atoms with Gasteiger partial charge in [-0.2, -0.15) is 5.10 Å². The number of piperidine rings is 1. The Balaban J connectivity index is 0.000000914. The van der Waals surface area contributed by atoms with Gasteiger partial charge in [-0.1, -0.05) is 51.1 Å². The van der Waals surface area contributed by atoms with Gasteiger partial charge in [0.05, 0.1) is 27.6 Å². The van der Waals surface area contributed by atoms with Crippen molar-refractivity contribution in [3.8, 4) is 0 Å². The van der Waals surface area contributed by atoms with Gasteiger partial charge in [0.2, 0.25) is 0 Å². The van der Waals surface area contributed by atoms with Gasteiger partial charge in [-0.25, -0.2) is 4.98 Å². The van der Waals surface area contributed by atoms with Crippen LogP contribution in [0.25, 0.3) is 0 Å². The van der Waals surface area contributed by atoms with Crippen molar-refractivity contribution in [3.05, 3.63) is 58.2 Å². The number of fused-ring (bicyclic) bond motifs is 1. The molecule has 0 bridgehead atoms. The van der Waals surface area contributed by atoms with Crippen LogP contribution in [0.1, 0.15) is 52.3 Å². The number of hydrogen-bond acceptors (Lipinski definition) is 8. The predicted molar refractivity (Wildman–Crippen MR) is 139 cm³/mol. The minimum atomic E-state index is 0.0295. The van der Waals surface area contributed by atoms with Crippen LogP contribution in [0.15, 0.2) is 52.4 Å². The lowest BCUT2D eigenvalue weighted by Gasteiger charge is -2.42. The molecular weight excluding hydrogens is 456 g/mol. The number of anilines is 1. The van der Waals surface area contributed by atoms with Gasteiger partial charge in [0.1, 0.15) is 5.82 Å². The van der Waals surface area contributed by atoms with Gasteiger partial charge in [0.15, 0.2) is 0 Å². The highest BCUT2D eigenvalue weighted by atomic mass is 35.5. The van der Waals surface area contributed by atoms with Crippen molar-refractivity contribution in [2.45, 2.75) is 58.0 Å². The molecular formula is C23H37ClN8S. The zero-order valence-electron chi connectivity index (χ0n) is 20.0. The molecule has 1 saturated heterocycles. The lowest BCUT2D eigenvalue weighted by Crippen LogP contribution is -2.45. The van der Waals surface area contributed by atoms with Crippen molar-refractivity contribution in [2.24, 2.45) is 22.6 Å². The second kappa shape index (κ2) is 12.2. The summed E-state index contributed by atoms with van der Waals surface area (Å²) in [5, 5.41) is 5.36. The van der Waals surface area contributed by atoms with Crippen LogP contribution in [-0.4, -0.2) is 32.8 Å². The van der Waals surface area contributed by atoms with Crippen molar-refractivity contribution in [2.75, 3.05) is 18.8 Å². The second-order valence-electron chi connectivity index (χ2n) is 7.51. The van der Waals surface area contributed by atoms with Crippen LogP contribution < -0.4 is 22.9 Å². The molecule has 2 aliphatic rings. The number of rotatable bonds is 4. The number of thioether (sulfide) groups is 1. The quantitative estimate of drug-likeness (QED) is 0.370. The number of nitrogens with zero attached hydrogens (tertiary/aromatic N) is 4. The molecule has 8 N–H and O–H groups in total. The average Bonchev–Trinajstić information content (AvgIpc) is 3.39. The number of likely N-dealkylation sites (tertiary alicyclic amines) is 1. The molecule has 33 heavy (non-hydrogen) atoms. The predicted octanol–water partition coefficient (Wildman–Crippen LogP) is 4.05. The molecule has 182 valence electrons. The first-order valence-corrected chi connectivity index (χ1v) is 12.6. The first kappa shape index (κ1) is 26.9. The molecule has 2 aromatic rings. The van der Waals surface area contributed by atoms with E-state index >= 15 is 0 Å². The smallest absolute Gasteiger partial charge is 0.143 e. The molecule has 8 nitrogen and oxygen atoms in total. The summed E-state index contributed by atoms with van der Waals surface area (Å²) in [5.74, 6) is 0.974. The molecule has 0 saturated carbocycles. The van der Waals surface area contributed by atoms with Gasteiger partial charge in [-0.15, -0.1) is 0 Å². The van der Waals surface area contributed by atoms with E-state index in [-0.39, 0.29) is 17.3 Å². The molecule has 1 spiro atoms. The molecule has 1 unspecified atom stereocenters. The highest BCUT2D eigenvalue weighted by molar-refractivity contribution is 8.03. The van der Waals surface area contributed by atoms with Crippen molar-refractivity contribution in [1.29, 1.82) is 0 Å². The highest BCUT2D eigenvalue weighted by Crippen LogP contribution is 2.47. The topological polar surface area (TPSA) is 138 Å². The molecule has 4 rings (SSSR count). The summed E-state index contributed by atoms with van der Waals surface area (Å²) < 4.78 is 2.04. The highest BCUT2D eigenvalue weighted by Gasteiger charge is 2.46. The lowest BCUT2D eigenvalue weighted by molar-refractivity contribution is 0.0983. The number of nitrogen functional groups attached to an aromatic ring is 1. The van der Waals surface area contributed by atoms with E-state index in [4.69, 9.17) is 34.5 Å². The van der Waals surface area contributed by atoms with Gasteiger partial charge in [0.25, 0.3) is 0 Å². The number of hydrogen-bond donors (Lipinski definition) is 4. The summed E-state index contributed by atoms with van der Waals surface area (Å²) in [7, 11) is 0. The maximum atomic E-state index is 6.54. The molecule has 0 aromatic carbocycles. The summed E-state index contributed by atoms with van der Waals surface area (Å²) in [6, 6.07) is 3.83. The van der Waals surface area contributed by atoms with E-state index in [1.807, 2.05) is 50.7 Å². The number of aromatic nitrogens is 3. The van der Waals surface area contributed by atoms with E-state index in [0.29, 0.717) is 15.9 Å². The lowest BCUT2D eigenvalue weighted by atomic mass is 9.73. The summed E-state index contributed by atoms with van der Waals surface area (Å²) in [6.07, 6.45) is 9.00. The molecule has 1 fully saturated rings. The molecule has 0 amide bonds. The number of nitrogens with two attached hydrogens (primary N) is 4. The van der Waals surface area contributed by atoms with Gasteiger partial charge < -0.3 is 27.8 Å². The standard InChI is InChI=1S/C19H25ClN8S.2C2H6/c20-16-13(4-7-25-18(16)24)29-15(22)2-1-14(21)27-9-5-19(6-10-27)11-28-12(17(19)23)3-8-26-28;2*1-2/h1-4,7-8,17H,5-6,9-11,21-23H2,(H2,24,25);2*1-2H3/b14-1+,15-2+;;. The summed E-state index contributed by atoms with van der Waals surface area (Å²) in [6.45, 7) is 10.6. The maximum Gasteiger partial charge on any atom is 0.143 e. The second-order valence-corrected chi connectivity index (χ2v) is 9.01. The third-order valence-electron chi connectivity index (χ3n) is 5.84. The number of allylic oxidation sites excluding steroid dienone is 2. The summed E-state index contributed by atoms with van der Waals surface area (Å²) in [4.78, 5) is 6.88. The van der Waals surface area contributed by atoms with Crippen molar-refractivity contribution in [1.82, 2.24) is 19.7 Å². The van der Waals surface area contributed by atoms with E-state index in [1.54, 1.807) is 18.3 Å². The van der Waals surface area contributed by atoms with Crippen LogP contribution in [0.3, 0.4) is 0 Å². The Morgan fingerprint density at radius 3 is 2.42 bits per heavy atom. The molecule has 0 aliphatic carbocycles. The zero-order valence-corrected chi connectivity index (χ0v) is 21.5. The Bertz CT molecular complexity index is 963. The minimum Gasteiger partial charge on any atom is -0.393 e. The Morgan fingerprint density at radius 1 is 1.12 bits per heavy atom. The fourth-order valence-electron chi connectivity index (χ4n) is 4.08. The van der Waals surface area contributed by atoms with Crippen LogP contribution in [0.4, 0.5) is 5.82 Å². The van der Waals surface area contributed by atoms with Crippen LogP contribution in [0, 0.1) is 5.41 Å². The van der Waals surface area contributed by atoms with Crippen molar-refractivity contribution < 1.29 is 0 Å². The maximum absolute atomic E-state index is 6.54. The van der Waals surface area contributed by atoms with Crippen molar-refractivity contribution >= 4 is 29.2 Å². The first-order valence-electron chi connectivity index (χ1n) is 11.4. The Kier molecular flexibility index (Phi) is 9.94. The molecule has 0 radical (unpaired) electrons. The molecule has 2 aromatic heterocycles. The van der Waals surface area contributed by atoms with E-state index in [2.05, 4.69) is 15.0 Å². The van der Waals surface area contributed by atoms with Gasteiger partial charge in [-0.05, 0) is 37.1 Å². The van der Waals surface area contributed by atoms with Crippen LogP contribution in [0.2, 0.25) is 5.02 Å². The average molecular weight is 493 g/mol. The number of pyridine rings is 1. The van der Waals surface area contributed by atoms with E-state index in [1.165, 1.54) is 11.8 Å². The molecule has 1 atom stereocenters. The zero-order chi connectivity index (χ0) is 24.6. The van der Waals surface area contributed by atoms with E-state index in [9.17, 15) is 0 Å². The third-order valence-corrected chi connectivity index (χ3v) is 7.28. The van der Waals surface area contributed by atoms with E-state index in [0.717, 1.165) is 43.1 Å². The van der Waals surface area contributed by atoms with Crippen molar-refractivity contribution in [3.63, 3.8) is 0 Å². The summed E-state index contributed by atoms with van der Waals surface area (Å²) >= 11 is 7.49. The largest absolute Gasteiger partial charge is 0.393 e. The SMILES string of the molecule is CC.CC.N/C(=C\C=C(/N)N1CCC2(CC1)Cn1nccc1C2N)Sc1ccnc(N)c1Cl. The van der Waals surface area contributed by atoms with Crippen LogP contribution >= 0.6 is 23.4 Å². The number of halogens is 1. The monoisotopic (exact) mass is 492 g/mol. The Morgan fingerprint density at radius 2 is 1.79 bits per heavy atom. The normalized spacial score (nSPS) is 19.3. The van der Waals surface area contributed by atoms with Gasteiger partial charge >= 0.3 is 0 Å². The molecule has 2 aliphatic heterocycles. The van der Waals surface area contributed by atoms with Crippen LogP contribution in [-0.2, 0) is 6.54 Å².